The summed E-state index contributed by atoms with van der Waals surface area (Å²) in [7, 11) is 1.89. The molecule has 2 N–H and O–H groups in total. The molecule has 0 spiro atoms. The normalized spacial score (nSPS) is 14.5. The molecule has 0 bridgehead atoms. The molecule has 19 heavy (non-hydrogen) atoms. The first-order chi connectivity index (χ1) is 9.09. The quantitative estimate of drug-likeness (QED) is 0.845. The number of para-hydroxylation sites is 1. The van der Waals surface area contributed by atoms with Gasteiger partial charge in [0.1, 0.15) is 4.99 Å². The maximum Gasteiger partial charge on any atom is 0.242 e. The Labute approximate surface area is 119 Å². The number of hydrogen-bond donors (Lipinski definition) is 1. The average molecular weight is 277 g/mol. The largest absolute Gasteiger partial charge is 0.389 e. The van der Waals surface area contributed by atoms with Crippen LogP contribution in [0.5, 0.6) is 0 Å². The molecular weight excluding hydrogens is 258 g/mol. The van der Waals surface area contributed by atoms with Gasteiger partial charge in [-0.25, -0.2) is 0 Å². The number of thiocarbonyl (C=S) groups is 1. The molecule has 1 aliphatic rings. The molecule has 1 aromatic rings. The number of hydrogen-bond acceptors (Lipinski definition) is 3. The first-order valence-electron chi connectivity index (χ1n) is 6.47. The van der Waals surface area contributed by atoms with Crippen molar-refractivity contribution < 1.29 is 4.79 Å². The Balaban J connectivity index is 2.09. The second kappa shape index (κ2) is 6.02. The predicted molar refractivity (Wildman–Crippen MR) is 81.4 cm³/mol. The number of likely N-dealkylation sites (N-methyl/N-ethyl adjacent to an activating group) is 1. The zero-order valence-corrected chi connectivity index (χ0v) is 11.9. The van der Waals surface area contributed by atoms with Crippen LogP contribution in [0.25, 0.3) is 0 Å². The van der Waals surface area contributed by atoms with Gasteiger partial charge >= 0.3 is 0 Å². The number of likely N-dealkylation sites (tertiary alicyclic amines) is 1. The summed E-state index contributed by atoms with van der Waals surface area (Å²) in [4.78, 5) is 16.3. The van der Waals surface area contributed by atoms with Crippen LogP contribution in [-0.2, 0) is 4.79 Å². The summed E-state index contributed by atoms with van der Waals surface area (Å²) in [5.41, 5.74) is 7.43. The third-order valence-electron chi connectivity index (χ3n) is 3.41. The number of rotatable bonds is 4. The first-order valence-corrected chi connectivity index (χ1v) is 6.88. The van der Waals surface area contributed by atoms with Gasteiger partial charge < -0.3 is 15.5 Å². The number of amides is 1. The Hall–Kier alpha value is -1.62. The van der Waals surface area contributed by atoms with Gasteiger partial charge in [0.05, 0.1) is 6.54 Å². The summed E-state index contributed by atoms with van der Waals surface area (Å²) in [5.74, 6) is 0.165. The number of carbonyl (C=O) groups is 1. The molecule has 4 nitrogen and oxygen atoms in total. The number of nitrogens with two attached hydrogens (primary N) is 1. The highest BCUT2D eigenvalue weighted by atomic mass is 32.1. The molecule has 1 aliphatic heterocycles. The third kappa shape index (κ3) is 3.23. The molecule has 1 heterocycles. The molecule has 0 aliphatic carbocycles. The van der Waals surface area contributed by atoms with Gasteiger partial charge in [-0.05, 0) is 25.0 Å². The van der Waals surface area contributed by atoms with Crippen molar-refractivity contribution >= 4 is 28.8 Å². The van der Waals surface area contributed by atoms with Gasteiger partial charge in [-0.2, -0.15) is 0 Å². The van der Waals surface area contributed by atoms with Crippen LogP contribution in [0.15, 0.2) is 24.3 Å². The lowest BCUT2D eigenvalue weighted by Gasteiger charge is -2.24. The number of nitrogens with zero attached hydrogens (tertiary/aromatic N) is 2. The van der Waals surface area contributed by atoms with E-state index in [2.05, 4.69) is 0 Å². The van der Waals surface area contributed by atoms with Crippen molar-refractivity contribution in [1.82, 2.24) is 4.90 Å². The summed E-state index contributed by atoms with van der Waals surface area (Å²) in [6.07, 6.45) is 2.22. The molecule has 2 rings (SSSR count). The SMILES string of the molecule is CN(CC(=O)N1CCCC1)c1ccccc1C(N)=S. The van der Waals surface area contributed by atoms with E-state index in [0.717, 1.165) is 37.2 Å². The Kier molecular flexibility index (Phi) is 4.37. The fourth-order valence-corrected chi connectivity index (χ4v) is 2.54. The maximum atomic E-state index is 12.1. The molecule has 1 aromatic carbocycles. The van der Waals surface area contributed by atoms with Gasteiger partial charge in [-0.3, -0.25) is 4.79 Å². The van der Waals surface area contributed by atoms with Crippen LogP contribution in [-0.4, -0.2) is 42.5 Å². The second-order valence-electron chi connectivity index (χ2n) is 4.83. The highest BCUT2D eigenvalue weighted by Gasteiger charge is 2.20. The lowest BCUT2D eigenvalue weighted by molar-refractivity contribution is -0.128. The van der Waals surface area contributed by atoms with Crippen LogP contribution in [0.2, 0.25) is 0 Å². The summed E-state index contributed by atoms with van der Waals surface area (Å²) >= 11 is 5.05. The molecule has 0 radical (unpaired) electrons. The van der Waals surface area contributed by atoms with E-state index in [-0.39, 0.29) is 5.91 Å². The molecule has 0 aromatic heterocycles. The molecule has 1 amide bonds. The summed E-state index contributed by atoms with van der Waals surface area (Å²) in [5, 5.41) is 0. The van der Waals surface area contributed by atoms with Crippen LogP contribution in [0.4, 0.5) is 5.69 Å². The number of benzene rings is 1. The fourth-order valence-electron chi connectivity index (χ4n) is 2.37. The summed E-state index contributed by atoms with van der Waals surface area (Å²) < 4.78 is 0. The van der Waals surface area contributed by atoms with E-state index in [1.807, 2.05) is 41.1 Å². The second-order valence-corrected chi connectivity index (χ2v) is 5.27. The molecule has 1 saturated heterocycles. The van der Waals surface area contributed by atoms with Crippen molar-refractivity contribution in [2.45, 2.75) is 12.8 Å². The van der Waals surface area contributed by atoms with Gasteiger partial charge in [0.25, 0.3) is 0 Å². The van der Waals surface area contributed by atoms with E-state index in [4.69, 9.17) is 18.0 Å². The highest BCUT2D eigenvalue weighted by Crippen LogP contribution is 2.19. The Morgan fingerprint density at radius 2 is 2.00 bits per heavy atom. The van der Waals surface area contributed by atoms with Crippen molar-refractivity contribution in [1.29, 1.82) is 0 Å². The Bertz CT molecular complexity index is 483. The molecular formula is C14H19N3OS. The van der Waals surface area contributed by atoms with Crippen molar-refractivity contribution in [3.63, 3.8) is 0 Å². The Morgan fingerprint density at radius 3 is 2.63 bits per heavy atom. The van der Waals surface area contributed by atoms with E-state index >= 15 is 0 Å². The predicted octanol–water partition coefficient (Wildman–Crippen LogP) is 1.38. The smallest absolute Gasteiger partial charge is 0.242 e. The van der Waals surface area contributed by atoms with E-state index in [0.29, 0.717) is 11.5 Å². The third-order valence-corrected chi connectivity index (χ3v) is 3.63. The fraction of sp³-hybridized carbons (Fsp3) is 0.429. The van der Waals surface area contributed by atoms with Crippen LogP contribution in [0.1, 0.15) is 18.4 Å². The van der Waals surface area contributed by atoms with Crippen molar-refractivity contribution in [2.75, 3.05) is 31.6 Å². The topological polar surface area (TPSA) is 49.6 Å². The molecule has 1 fully saturated rings. The minimum Gasteiger partial charge on any atom is -0.389 e. The molecule has 102 valence electrons. The maximum absolute atomic E-state index is 12.1. The van der Waals surface area contributed by atoms with Crippen molar-refractivity contribution in [3.05, 3.63) is 29.8 Å². The lowest BCUT2D eigenvalue weighted by atomic mass is 10.1. The Morgan fingerprint density at radius 1 is 1.37 bits per heavy atom. The van der Waals surface area contributed by atoms with Gasteiger partial charge in [0.15, 0.2) is 0 Å². The highest BCUT2D eigenvalue weighted by molar-refractivity contribution is 7.80. The van der Waals surface area contributed by atoms with Gasteiger partial charge in [0, 0.05) is 31.4 Å². The van der Waals surface area contributed by atoms with Crippen molar-refractivity contribution in [2.24, 2.45) is 5.73 Å². The standard InChI is InChI=1S/C14H19N3OS/c1-16(10-13(18)17-8-4-5-9-17)12-7-3-2-6-11(12)14(15)19/h2-3,6-7H,4-5,8-10H2,1H3,(H2,15,19). The van der Waals surface area contributed by atoms with Gasteiger partial charge in [-0.1, -0.05) is 24.4 Å². The van der Waals surface area contributed by atoms with Crippen LogP contribution in [0, 0.1) is 0 Å². The van der Waals surface area contributed by atoms with E-state index in [1.165, 1.54) is 0 Å². The molecule has 5 heteroatoms. The molecule has 0 unspecified atom stereocenters. The van der Waals surface area contributed by atoms with Crippen LogP contribution >= 0.6 is 12.2 Å². The van der Waals surface area contributed by atoms with E-state index < -0.39 is 0 Å². The monoisotopic (exact) mass is 277 g/mol. The minimum absolute atomic E-state index is 0.165. The van der Waals surface area contributed by atoms with Gasteiger partial charge in [-0.15, -0.1) is 0 Å². The van der Waals surface area contributed by atoms with Crippen LogP contribution in [0.3, 0.4) is 0 Å². The van der Waals surface area contributed by atoms with E-state index in [9.17, 15) is 4.79 Å². The summed E-state index contributed by atoms with van der Waals surface area (Å²) in [6.45, 7) is 2.12. The zero-order valence-electron chi connectivity index (χ0n) is 11.1. The minimum atomic E-state index is 0.165. The first kappa shape index (κ1) is 13.8. The van der Waals surface area contributed by atoms with E-state index in [1.54, 1.807) is 0 Å². The van der Waals surface area contributed by atoms with Crippen LogP contribution < -0.4 is 10.6 Å². The molecule has 0 saturated carbocycles. The average Bonchev–Trinajstić information content (AvgIpc) is 2.92. The zero-order chi connectivity index (χ0) is 13.8. The van der Waals surface area contributed by atoms with Crippen molar-refractivity contribution in [3.8, 4) is 0 Å². The number of anilines is 1. The summed E-state index contributed by atoms with van der Waals surface area (Å²) in [6, 6.07) is 7.64. The number of carbonyl (C=O) groups excluding carboxylic acids is 1. The lowest BCUT2D eigenvalue weighted by Crippen LogP contribution is -2.37. The molecule has 0 atom stereocenters. The van der Waals surface area contributed by atoms with Gasteiger partial charge in [0.2, 0.25) is 5.91 Å².